The number of aromatic nitrogens is 1. The van der Waals surface area contributed by atoms with Crippen LogP contribution in [-0.4, -0.2) is 4.98 Å². The number of H-pyrrole nitrogens is 1. The Balaban J connectivity index is 3.08. The number of pyridine rings is 1. The fraction of sp³-hybridized carbons (Fsp3) is 0. The Labute approximate surface area is 64.9 Å². The zero-order chi connectivity index (χ0) is 8.27. The number of hydrogen-bond acceptors (Lipinski definition) is 1. The zero-order valence-corrected chi connectivity index (χ0v) is 6.13. The van der Waals surface area contributed by atoms with Gasteiger partial charge in [-0.05, 0) is 17.2 Å². The van der Waals surface area contributed by atoms with Crippen LogP contribution in [0, 0.1) is 0 Å². The number of allylic oxidation sites excluding steroid dienone is 2. The van der Waals surface area contributed by atoms with Crippen LogP contribution in [0.15, 0.2) is 42.4 Å². The fourth-order valence-corrected chi connectivity index (χ4v) is 0.728. The van der Waals surface area contributed by atoms with Crippen molar-refractivity contribution in [2.24, 2.45) is 0 Å². The van der Waals surface area contributed by atoms with Crippen LogP contribution in [-0.2, 0) is 0 Å². The van der Waals surface area contributed by atoms with Crippen molar-refractivity contribution >= 4 is 5.57 Å². The van der Waals surface area contributed by atoms with E-state index in [1.54, 1.807) is 18.3 Å². The van der Waals surface area contributed by atoms with Crippen LogP contribution in [0.1, 0.15) is 5.56 Å². The summed E-state index contributed by atoms with van der Waals surface area (Å²) in [5, 5.41) is 0. The standard InChI is InChI=1S/C9H9NO/c1-3-7(2)8-4-5-9(11)10-6-8/h3-6H,1-2H2,(H,10,11). The quantitative estimate of drug-likeness (QED) is 0.633. The third-order valence-electron chi connectivity index (χ3n) is 1.40. The molecule has 2 nitrogen and oxygen atoms in total. The molecule has 1 aromatic rings. The van der Waals surface area contributed by atoms with Gasteiger partial charge in [-0.1, -0.05) is 19.2 Å². The van der Waals surface area contributed by atoms with Gasteiger partial charge in [-0.15, -0.1) is 0 Å². The summed E-state index contributed by atoms with van der Waals surface area (Å²) in [5.41, 5.74) is 1.59. The molecule has 0 aliphatic heterocycles. The lowest BCUT2D eigenvalue weighted by Crippen LogP contribution is -2.01. The van der Waals surface area contributed by atoms with Crippen molar-refractivity contribution in [3.05, 3.63) is 53.5 Å². The van der Waals surface area contributed by atoms with Gasteiger partial charge >= 0.3 is 0 Å². The molecule has 0 atom stereocenters. The molecule has 11 heavy (non-hydrogen) atoms. The highest BCUT2D eigenvalue weighted by atomic mass is 16.1. The molecule has 0 saturated carbocycles. The van der Waals surface area contributed by atoms with E-state index in [0.29, 0.717) is 0 Å². The SMILES string of the molecule is C=CC(=C)c1ccc(=O)[nH]c1. The second-order valence-electron chi connectivity index (χ2n) is 2.17. The van der Waals surface area contributed by atoms with Gasteiger partial charge in [-0.2, -0.15) is 0 Å². The van der Waals surface area contributed by atoms with E-state index in [2.05, 4.69) is 18.1 Å². The van der Waals surface area contributed by atoms with E-state index in [1.165, 1.54) is 6.07 Å². The highest BCUT2D eigenvalue weighted by Gasteiger charge is 1.91. The van der Waals surface area contributed by atoms with E-state index in [0.717, 1.165) is 11.1 Å². The summed E-state index contributed by atoms with van der Waals surface area (Å²) in [6.07, 6.45) is 3.26. The molecule has 1 heterocycles. The predicted octanol–water partition coefficient (Wildman–Crippen LogP) is 1.57. The molecule has 0 aliphatic rings. The molecule has 56 valence electrons. The summed E-state index contributed by atoms with van der Waals surface area (Å²) in [6.45, 7) is 7.30. The lowest BCUT2D eigenvalue weighted by molar-refractivity contribution is 1.23. The van der Waals surface area contributed by atoms with Crippen LogP contribution >= 0.6 is 0 Å². The molecule has 1 rings (SSSR count). The third-order valence-corrected chi connectivity index (χ3v) is 1.40. The van der Waals surface area contributed by atoms with E-state index in [9.17, 15) is 4.79 Å². The molecule has 0 aliphatic carbocycles. The number of hydrogen-bond donors (Lipinski definition) is 1. The first kappa shape index (κ1) is 7.54. The summed E-state index contributed by atoms with van der Waals surface area (Å²) < 4.78 is 0. The van der Waals surface area contributed by atoms with Crippen LogP contribution in [0.25, 0.3) is 5.57 Å². The Morgan fingerprint density at radius 1 is 1.55 bits per heavy atom. The van der Waals surface area contributed by atoms with Gasteiger partial charge in [0.05, 0.1) is 0 Å². The second-order valence-corrected chi connectivity index (χ2v) is 2.17. The van der Waals surface area contributed by atoms with E-state index < -0.39 is 0 Å². The van der Waals surface area contributed by atoms with Crippen molar-refractivity contribution in [1.82, 2.24) is 4.98 Å². The zero-order valence-electron chi connectivity index (χ0n) is 6.13. The van der Waals surface area contributed by atoms with Crippen molar-refractivity contribution < 1.29 is 0 Å². The largest absolute Gasteiger partial charge is 0.328 e. The first-order chi connectivity index (χ1) is 5.24. The molecule has 1 aromatic heterocycles. The van der Waals surface area contributed by atoms with Gasteiger partial charge in [0, 0.05) is 12.3 Å². The lowest BCUT2D eigenvalue weighted by atomic mass is 10.1. The molecule has 0 unspecified atom stereocenters. The van der Waals surface area contributed by atoms with Crippen LogP contribution in [0.4, 0.5) is 0 Å². The predicted molar refractivity (Wildman–Crippen MR) is 46.3 cm³/mol. The summed E-state index contributed by atoms with van der Waals surface area (Å²) in [5.74, 6) is 0. The Morgan fingerprint density at radius 3 is 2.73 bits per heavy atom. The Hall–Kier alpha value is -1.57. The molecule has 0 bridgehead atoms. The first-order valence-electron chi connectivity index (χ1n) is 3.24. The monoisotopic (exact) mass is 147 g/mol. The van der Waals surface area contributed by atoms with Crippen molar-refractivity contribution in [1.29, 1.82) is 0 Å². The molecule has 0 spiro atoms. The van der Waals surface area contributed by atoms with E-state index in [1.807, 2.05) is 0 Å². The van der Waals surface area contributed by atoms with Crippen LogP contribution in [0.2, 0.25) is 0 Å². The normalized spacial score (nSPS) is 9.09. The molecule has 0 saturated heterocycles. The van der Waals surface area contributed by atoms with Crippen LogP contribution in [0.3, 0.4) is 0 Å². The highest BCUT2D eigenvalue weighted by molar-refractivity contribution is 5.70. The van der Waals surface area contributed by atoms with Gasteiger partial charge in [-0.25, -0.2) is 0 Å². The van der Waals surface area contributed by atoms with Crippen LogP contribution in [0.5, 0.6) is 0 Å². The highest BCUT2D eigenvalue weighted by Crippen LogP contribution is 2.08. The van der Waals surface area contributed by atoms with Gasteiger partial charge in [0.2, 0.25) is 5.56 Å². The minimum Gasteiger partial charge on any atom is -0.328 e. The maximum Gasteiger partial charge on any atom is 0.247 e. The maximum absolute atomic E-state index is 10.6. The molecular formula is C9H9NO. The Bertz CT molecular complexity index is 315. The van der Waals surface area contributed by atoms with E-state index in [-0.39, 0.29) is 5.56 Å². The molecule has 0 amide bonds. The van der Waals surface area contributed by atoms with Gasteiger partial charge in [-0.3, -0.25) is 4.79 Å². The molecule has 0 aromatic carbocycles. The molecular weight excluding hydrogens is 138 g/mol. The maximum atomic E-state index is 10.6. The minimum absolute atomic E-state index is 0.106. The summed E-state index contributed by atoms with van der Waals surface area (Å²) in [4.78, 5) is 13.2. The van der Waals surface area contributed by atoms with Crippen molar-refractivity contribution in [3.63, 3.8) is 0 Å². The molecule has 0 fully saturated rings. The second kappa shape index (κ2) is 3.01. The van der Waals surface area contributed by atoms with Crippen molar-refractivity contribution in [3.8, 4) is 0 Å². The van der Waals surface area contributed by atoms with Gasteiger partial charge in [0.25, 0.3) is 0 Å². The Morgan fingerprint density at radius 2 is 2.27 bits per heavy atom. The molecule has 1 N–H and O–H groups in total. The van der Waals surface area contributed by atoms with Gasteiger partial charge in [0.1, 0.15) is 0 Å². The summed E-state index contributed by atoms with van der Waals surface area (Å²) in [6, 6.07) is 3.17. The first-order valence-corrected chi connectivity index (χ1v) is 3.24. The average molecular weight is 147 g/mol. The topological polar surface area (TPSA) is 32.9 Å². The average Bonchev–Trinajstić information content (AvgIpc) is 2.05. The van der Waals surface area contributed by atoms with Crippen molar-refractivity contribution in [2.45, 2.75) is 0 Å². The van der Waals surface area contributed by atoms with Gasteiger partial charge in [0.15, 0.2) is 0 Å². The number of rotatable bonds is 2. The third kappa shape index (κ3) is 1.67. The summed E-state index contributed by atoms with van der Waals surface area (Å²) >= 11 is 0. The number of aromatic amines is 1. The fourth-order valence-electron chi connectivity index (χ4n) is 0.728. The Kier molecular flexibility index (Phi) is 2.06. The van der Waals surface area contributed by atoms with Crippen molar-refractivity contribution in [2.75, 3.05) is 0 Å². The molecule has 2 heteroatoms. The lowest BCUT2D eigenvalue weighted by Gasteiger charge is -1.96. The summed E-state index contributed by atoms with van der Waals surface area (Å²) in [7, 11) is 0. The minimum atomic E-state index is -0.106. The number of nitrogens with one attached hydrogen (secondary N) is 1. The van der Waals surface area contributed by atoms with Gasteiger partial charge < -0.3 is 4.98 Å². The van der Waals surface area contributed by atoms with E-state index >= 15 is 0 Å². The van der Waals surface area contributed by atoms with Crippen LogP contribution < -0.4 is 5.56 Å². The molecule has 0 radical (unpaired) electrons. The smallest absolute Gasteiger partial charge is 0.247 e. The van der Waals surface area contributed by atoms with E-state index in [4.69, 9.17) is 0 Å².